The average molecular weight is 427 g/mol. The van der Waals surface area contributed by atoms with E-state index in [1.807, 2.05) is 32.0 Å². The van der Waals surface area contributed by atoms with Gasteiger partial charge in [-0.1, -0.05) is 66.6 Å². The zero-order valence-electron chi connectivity index (χ0n) is 18.6. The number of rotatable bonds is 11. The Labute approximate surface area is 185 Å². The Bertz CT molecular complexity index is 803. The predicted molar refractivity (Wildman–Crippen MR) is 127 cm³/mol. The van der Waals surface area contributed by atoms with Crippen LogP contribution in [0.15, 0.2) is 48.5 Å². The number of hydrogen-bond donors (Lipinski definition) is 1. The maximum absolute atomic E-state index is 13.0. The number of nitrogens with one attached hydrogen (secondary N) is 1. The van der Waals surface area contributed by atoms with Gasteiger partial charge < -0.3 is 10.2 Å². The van der Waals surface area contributed by atoms with Crippen molar-refractivity contribution in [3.8, 4) is 0 Å². The zero-order valence-corrected chi connectivity index (χ0v) is 19.4. The van der Waals surface area contributed by atoms with Crippen LogP contribution in [0.25, 0.3) is 0 Å². The van der Waals surface area contributed by atoms with E-state index in [1.54, 1.807) is 16.7 Å². The first-order chi connectivity index (χ1) is 14.4. The molecule has 5 heteroatoms. The minimum atomic E-state index is -0.477. The van der Waals surface area contributed by atoms with Gasteiger partial charge in [-0.25, -0.2) is 0 Å². The smallest absolute Gasteiger partial charge is 0.242 e. The summed E-state index contributed by atoms with van der Waals surface area (Å²) in [5, 5.41) is 2.92. The molecule has 0 aromatic heterocycles. The molecule has 0 aliphatic rings. The number of carbonyl (C=O) groups excluding carboxylic acids is 2. The molecule has 0 aliphatic carbocycles. The Hall–Kier alpha value is -2.27. The maximum atomic E-state index is 13.0. The van der Waals surface area contributed by atoms with E-state index in [0.29, 0.717) is 18.8 Å². The first-order valence-electron chi connectivity index (χ1n) is 10.7. The summed E-state index contributed by atoms with van der Waals surface area (Å²) in [6, 6.07) is 16.1. The highest BCUT2D eigenvalue weighted by atomic mass is 32.2. The van der Waals surface area contributed by atoms with Crippen LogP contribution in [0.2, 0.25) is 0 Å². The summed E-state index contributed by atoms with van der Waals surface area (Å²) in [6.45, 7) is 9.19. The van der Waals surface area contributed by atoms with Crippen LogP contribution in [0.5, 0.6) is 0 Å². The Balaban J connectivity index is 1.99. The molecule has 0 heterocycles. The quantitative estimate of drug-likeness (QED) is 0.575. The van der Waals surface area contributed by atoms with Gasteiger partial charge in [-0.3, -0.25) is 9.59 Å². The molecule has 0 saturated carbocycles. The van der Waals surface area contributed by atoms with Gasteiger partial charge in [0.2, 0.25) is 11.8 Å². The van der Waals surface area contributed by atoms with E-state index < -0.39 is 6.04 Å². The molecule has 1 N–H and O–H groups in total. The third-order valence-corrected chi connectivity index (χ3v) is 5.97. The highest BCUT2D eigenvalue weighted by Crippen LogP contribution is 2.17. The molecular weight excluding hydrogens is 392 g/mol. The van der Waals surface area contributed by atoms with Crippen molar-refractivity contribution in [3.63, 3.8) is 0 Å². The summed E-state index contributed by atoms with van der Waals surface area (Å²) in [6.07, 6.45) is 1.61. The summed E-state index contributed by atoms with van der Waals surface area (Å²) in [7, 11) is 0. The summed E-state index contributed by atoms with van der Waals surface area (Å²) in [5.74, 6) is 1.08. The molecule has 0 fully saturated rings. The molecule has 162 valence electrons. The lowest BCUT2D eigenvalue weighted by Crippen LogP contribution is -2.49. The normalized spacial score (nSPS) is 11.7. The number of nitrogens with zero attached hydrogens (tertiary/aromatic N) is 1. The maximum Gasteiger partial charge on any atom is 0.242 e. The number of benzene rings is 2. The fourth-order valence-corrected chi connectivity index (χ4v) is 4.30. The first-order valence-corrected chi connectivity index (χ1v) is 11.8. The second kappa shape index (κ2) is 12.4. The molecule has 30 heavy (non-hydrogen) atoms. The zero-order chi connectivity index (χ0) is 21.9. The number of thioether (sulfide) groups is 1. The molecule has 0 bridgehead atoms. The van der Waals surface area contributed by atoms with E-state index >= 15 is 0 Å². The third-order valence-electron chi connectivity index (χ3n) is 4.98. The molecule has 0 unspecified atom stereocenters. The average Bonchev–Trinajstić information content (AvgIpc) is 2.72. The van der Waals surface area contributed by atoms with Gasteiger partial charge in [0.1, 0.15) is 6.04 Å². The summed E-state index contributed by atoms with van der Waals surface area (Å²) in [4.78, 5) is 27.3. The van der Waals surface area contributed by atoms with Crippen molar-refractivity contribution in [1.29, 1.82) is 0 Å². The lowest BCUT2D eigenvalue weighted by Gasteiger charge is -2.28. The van der Waals surface area contributed by atoms with E-state index in [9.17, 15) is 9.59 Å². The summed E-state index contributed by atoms with van der Waals surface area (Å²) < 4.78 is 0. The van der Waals surface area contributed by atoms with Crippen molar-refractivity contribution in [2.24, 2.45) is 0 Å². The minimum absolute atomic E-state index is 0.0134. The monoisotopic (exact) mass is 426 g/mol. The highest BCUT2D eigenvalue weighted by molar-refractivity contribution is 7.99. The van der Waals surface area contributed by atoms with Gasteiger partial charge in [0.25, 0.3) is 0 Å². The van der Waals surface area contributed by atoms with Gasteiger partial charge >= 0.3 is 0 Å². The van der Waals surface area contributed by atoms with Crippen LogP contribution in [0.3, 0.4) is 0 Å². The van der Waals surface area contributed by atoms with Crippen molar-refractivity contribution in [3.05, 3.63) is 70.8 Å². The molecule has 0 spiro atoms. The van der Waals surface area contributed by atoms with Crippen LogP contribution in [0, 0.1) is 13.8 Å². The van der Waals surface area contributed by atoms with Crippen molar-refractivity contribution in [2.75, 3.05) is 18.8 Å². The molecule has 0 aliphatic heterocycles. The first kappa shape index (κ1) is 24.0. The van der Waals surface area contributed by atoms with E-state index in [0.717, 1.165) is 18.6 Å². The highest BCUT2D eigenvalue weighted by Gasteiger charge is 2.25. The second-order valence-corrected chi connectivity index (χ2v) is 8.76. The molecule has 1 atom stereocenters. The van der Waals surface area contributed by atoms with Gasteiger partial charge in [0, 0.05) is 18.8 Å². The molecular formula is C25H34N2O2S. The van der Waals surface area contributed by atoms with Crippen LogP contribution < -0.4 is 5.32 Å². The lowest BCUT2D eigenvalue weighted by molar-refractivity contribution is -0.137. The molecule has 2 rings (SSSR count). The standard InChI is InChI=1S/C25H34N2O2S/c1-5-12-26-25(29)21(4)27(13-11-22-9-7-6-8-10-22)24(28)18-30-17-23-15-19(2)14-20(3)16-23/h6-10,14-16,21H,5,11-13,17-18H2,1-4H3,(H,26,29)/t21-/m0/s1. The van der Waals surface area contributed by atoms with Crippen molar-refractivity contribution in [2.45, 2.75) is 52.3 Å². The van der Waals surface area contributed by atoms with Crippen LogP contribution in [0.4, 0.5) is 0 Å². The number of aryl methyl sites for hydroxylation is 2. The topological polar surface area (TPSA) is 49.4 Å². The molecule has 2 aromatic carbocycles. The van der Waals surface area contributed by atoms with Gasteiger partial charge in [-0.05, 0) is 44.7 Å². The molecule has 0 saturated heterocycles. The predicted octanol–water partition coefficient (Wildman–Crippen LogP) is 4.52. The fourth-order valence-electron chi connectivity index (χ4n) is 3.46. The third kappa shape index (κ3) is 7.86. The Morgan fingerprint density at radius 1 is 1.03 bits per heavy atom. The lowest BCUT2D eigenvalue weighted by atomic mass is 10.1. The molecule has 0 radical (unpaired) electrons. The number of carbonyl (C=O) groups is 2. The van der Waals surface area contributed by atoms with E-state index in [1.165, 1.54) is 22.3 Å². The van der Waals surface area contributed by atoms with E-state index in [-0.39, 0.29) is 11.8 Å². The van der Waals surface area contributed by atoms with Crippen molar-refractivity contribution < 1.29 is 9.59 Å². The largest absolute Gasteiger partial charge is 0.354 e. The van der Waals surface area contributed by atoms with Crippen LogP contribution in [-0.2, 0) is 21.8 Å². The number of amides is 2. The van der Waals surface area contributed by atoms with Gasteiger partial charge in [-0.15, -0.1) is 11.8 Å². The molecule has 2 aromatic rings. The Kier molecular flexibility index (Phi) is 9.95. The Morgan fingerprint density at radius 3 is 2.33 bits per heavy atom. The van der Waals surface area contributed by atoms with Crippen molar-refractivity contribution in [1.82, 2.24) is 10.2 Å². The summed E-state index contributed by atoms with van der Waals surface area (Å²) >= 11 is 1.61. The van der Waals surface area contributed by atoms with Gasteiger partial charge in [0.05, 0.1) is 5.75 Å². The van der Waals surface area contributed by atoms with Gasteiger partial charge in [-0.2, -0.15) is 0 Å². The number of hydrogen-bond acceptors (Lipinski definition) is 3. The molecule has 2 amide bonds. The summed E-state index contributed by atoms with van der Waals surface area (Å²) in [5.41, 5.74) is 4.87. The van der Waals surface area contributed by atoms with Crippen LogP contribution in [0.1, 0.15) is 42.5 Å². The molecule has 4 nitrogen and oxygen atoms in total. The fraction of sp³-hybridized carbons (Fsp3) is 0.440. The van der Waals surface area contributed by atoms with E-state index in [2.05, 4.69) is 49.5 Å². The van der Waals surface area contributed by atoms with Crippen molar-refractivity contribution >= 4 is 23.6 Å². The Morgan fingerprint density at radius 2 is 1.70 bits per heavy atom. The second-order valence-electron chi connectivity index (χ2n) is 7.78. The van der Waals surface area contributed by atoms with Crippen LogP contribution in [-0.4, -0.2) is 41.6 Å². The van der Waals surface area contributed by atoms with E-state index in [4.69, 9.17) is 0 Å². The van der Waals surface area contributed by atoms with Crippen LogP contribution >= 0.6 is 11.8 Å². The SMILES string of the molecule is CCCNC(=O)[C@H](C)N(CCc1ccccc1)C(=O)CSCc1cc(C)cc(C)c1. The van der Waals surface area contributed by atoms with Gasteiger partial charge in [0.15, 0.2) is 0 Å². The minimum Gasteiger partial charge on any atom is -0.354 e.